The number of fused-ring (bicyclic) bond motifs is 4. The smallest absolute Gasteiger partial charge is 0.293 e. The number of anilines is 1. The van der Waals surface area contributed by atoms with Crippen molar-refractivity contribution in [3.63, 3.8) is 0 Å². The lowest BCUT2D eigenvalue weighted by Crippen LogP contribution is -2.29. The van der Waals surface area contributed by atoms with Crippen LogP contribution in [0.5, 0.6) is 0 Å². The standard InChI is InChI=1S/C26H23N3O3/c1-15-5-12-23-22(13-15)28-25-19-10-11-21(27-16-6-8-17(9-7-16)32-14-30)18-3-2-4-20(24(18)19)26(31)29(23)25/h2-5,10-14,16-17,27H,6-9H2,1H3. The third-order valence-corrected chi connectivity index (χ3v) is 6.81. The molecule has 6 rings (SSSR count). The van der Waals surface area contributed by atoms with Gasteiger partial charge < -0.3 is 10.1 Å². The minimum Gasteiger partial charge on any atom is -0.465 e. The fourth-order valence-corrected chi connectivity index (χ4v) is 5.24. The summed E-state index contributed by atoms with van der Waals surface area (Å²) in [6, 6.07) is 16.4. The zero-order valence-electron chi connectivity index (χ0n) is 17.8. The van der Waals surface area contributed by atoms with E-state index in [9.17, 15) is 9.59 Å². The predicted octanol–water partition coefficient (Wildman–Crippen LogP) is 4.80. The summed E-state index contributed by atoms with van der Waals surface area (Å²) >= 11 is 0. The first kappa shape index (κ1) is 19.0. The highest BCUT2D eigenvalue weighted by molar-refractivity contribution is 6.18. The SMILES string of the molecule is Cc1ccc2c(c1)nc1c3ccc(NC4CCC(OC=O)CC4)c4cccc(c(=O)n21)c43. The zero-order valence-corrected chi connectivity index (χ0v) is 17.8. The molecule has 0 atom stereocenters. The van der Waals surface area contributed by atoms with Crippen molar-refractivity contribution in [2.45, 2.75) is 44.8 Å². The van der Waals surface area contributed by atoms with Crippen LogP contribution in [0.1, 0.15) is 31.2 Å². The molecule has 32 heavy (non-hydrogen) atoms. The largest absolute Gasteiger partial charge is 0.465 e. The molecule has 1 N–H and O–H groups in total. The first-order valence-corrected chi connectivity index (χ1v) is 11.1. The van der Waals surface area contributed by atoms with E-state index in [1.165, 1.54) is 0 Å². The van der Waals surface area contributed by atoms with Crippen LogP contribution in [0.4, 0.5) is 5.69 Å². The molecule has 0 amide bonds. The van der Waals surface area contributed by atoms with Gasteiger partial charge in [-0.15, -0.1) is 0 Å². The Labute approximate surface area is 184 Å². The van der Waals surface area contributed by atoms with Crippen molar-refractivity contribution in [1.29, 1.82) is 0 Å². The van der Waals surface area contributed by atoms with Gasteiger partial charge in [0.15, 0.2) is 0 Å². The van der Waals surface area contributed by atoms with Gasteiger partial charge in [-0.2, -0.15) is 0 Å². The van der Waals surface area contributed by atoms with E-state index in [0.717, 1.165) is 64.1 Å². The average molecular weight is 425 g/mol. The highest BCUT2D eigenvalue weighted by Crippen LogP contribution is 2.35. The summed E-state index contributed by atoms with van der Waals surface area (Å²) < 4.78 is 6.87. The molecule has 0 radical (unpaired) electrons. The lowest BCUT2D eigenvalue weighted by atomic mass is 9.92. The number of hydrogen-bond acceptors (Lipinski definition) is 5. The lowest BCUT2D eigenvalue weighted by molar-refractivity contribution is -0.134. The number of carbonyl (C=O) groups excluding carboxylic acids is 1. The number of ether oxygens (including phenoxy) is 1. The van der Waals surface area contributed by atoms with Gasteiger partial charge in [0, 0.05) is 33.3 Å². The van der Waals surface area contributed by atoms with Gasteiger partial charge in [-0.1, -0.05) is 18.2 Å². The number of nitrogens with one attached hydrogen (secondary N) is 1. The lowest BCUT2D eigenvalue weighted by Gasteiger charge is -2.29. The number of aryl methyl sites for hydroxylation is 1. The quantitative estimate of drug-likeness (QED) is 0.419. The maximum Gasteiger partial charge on any atom is 0.293 e. The fourth-order valence-electron chi connectivity index (χ4n) is 5.24. The van der Waals surface area contributed by atoms with Crippen molar-refractivity contribution in [2.24, 2.45) is 0 Å². The number of hydrogen-bond donors (Lipinski definition) is 1. The molecule has 3 aromatic carbocycles. The monoisotopic (exact) mass is 425 g/mol. The van der Waals surface area contributed by atoms with Gasteiger partial charge in [-0.3, -0.25) is 14.0 Å². The van der Waals surface area contributed by atoms with Crippen molar-refractivity contribution in [2.75, 3.05) is 5.32 Å². The molecule has 160 valence electrons. The Hall–Kier alpha value is -3.67. The highest BCUT2D eigenvalue weighted by atomic mass is 16.5. The summed E-state index contributed by atoms with van der Waals surface area (Å²) in [5.74, 6) is 0. The van der Waals surface area contributed by atoms with Gasteiger partial charge in [-0.05, 0) is 68.5 Å². The van der Waals surface area contributed by atoms with Crippen molar-refractivity contribution in [1.82, 2.24) is 9.38 Å². The number of nitrogens with zero attached hydrogens (tertiary/aromatic N) is 2. The molecule has 1 fully saturated rings. The molecule has 0 bridgehead atoms. The van der Waals surface area contributed by atoms with E-state index in [4.69, 9.17) is 9.72 Å². The van der Waals surface area contributed by atoms with Gasteiger partial charge in [-0.25, -0.2) is 4.98 Å². The fraction of sp³-hybridized carbons (Fsp3) is 0.269. The molecule has 6 nitrogen and oxygen atoms in total. The first-order valence-electron chi connectivity index (χ1n) is 11.1. The Morgan fingerprint density at radius 1 is 1.03 bits per heavy atom. The molecule has 1 aliphatic carbocycles. The minimum absolute atomic E-state index is 0.0242. The third kappa shape index (κ3) is 2.83. The van der Waals surface area contributed by atoms with Crippen LogP contribution in [-0.2, 0) is 9.53 Å². The van der Waals surface area contributed by atoms with Crippen LogP contribution >= 0.6 is 0 Å². The van der Waals surface area contributed by atoms with E-state index in [0.29, 0.717) is 23.5 Å². The molecule has 1 aliphatic rings. The first-order chi connectivity index (χ1) is 15.6. The number of imidazole rings is 1. The van der Waals surface area contributed by atoms with Crippen molar-refractivity contribution < 1.29 is 9.53 Å². The van der Waals surface area contributed by atoms with Crippen LogP contribution in [-0.4, -0.2) is 28.0 Å². The summed E-state index contributed by atoms with van der Waals surface area (Å²) in [5.41, 5.74) is 4.50. The van der Waals surface area contributed by atoms with Gasteiger partial charge in [0.2, 0.25) is 0 Å². The molecule has 1 saturated carbocycles. The van der Waals surface area contributed by atoms with Gasteiger partial charge in [0.25, 0.3) is 12.0 Å². The summed E-state index contributed by atoms with van der Waals surface area (Å²) in [6.07, 6.45) is 3.63. The number of rotatable bonds is 4. The second-order valence-corrected chi connectivity index (χ2v) is 8.81. The van der Waals surface area contributed by atoms with E-state index in [1.54, 1.807) is 4.40 Å². The predicted molar refractivity (Wildman–Crippen MR) is 127 cm³/mol. The second-order valence-electron chi connectivity index (χ2n) is 8.81. The summed E-state index contributed by atoms with van der Waals surface area (Å²) in [6.45, 7) is 2.59. The van der Waals surface area contributed by atoms with E-state index in [1.807, 2.05) is 37.3 Å². The topological polar surface area (TPSA) is 72.7 Å². The number of benzene rings is 3. The summed E-state index contributed by atoms with van der Waals surface area (Å²) in [7, 11) is 0. The van der Waals surface area contributed by atoms with E-state index in [-0.39, 0.29) is 11.7 Å². The highest BCUT2D eigenvalue weighted by Gasteiger charge is 2.23. The van der Waals surface area contributed by atoms with Crippen LogP contribution in [0.25, 0.3) is 38.2 Å². The Morgan fingerprint density at radius 2 is 1.84 bits per heavy atom. The van der Waals surface area contributed by atoms with Gasteiger partial charge in [0.05, 0.1) is 11.0 Å². The normalized spacial score (nSPS) is 19.2. The molecule has 0 unspecified atom stereocenters. The molecular weight excluding hydrogens is 402 g/mol. The minimum atomic E-state index is -0.0341. The molecular formula is C26H23N3O3. The van der Waals surface area contributed by atoms with E-state index >= 15 is 0 Å². The van der Waals surface area contributed by atoms with Crippen molar-refractivity contribution in [3.8, 4) is 0 Å². The van der Waals surface area contributed by atoms with Crippen molar-refractivity contribution in [3.05, 3.63) is 64.4 Å². The van der Waals surface area contributed by atoms with Gasteiger partial charge >= 0.3 is 0 Å². The second kappa shape index (κ2) is 7.19. The number of carbonyl (C=O) groups is 1. The maximum absolute atomic E-state index is 13.5. The van der Waals surface area contributed by atoms with E-state index in [2.05, 4.69) is 23.5 Å². The maximum atomic E-state index is 13.5. The molecule has 2 aromatic heterocycles. The zero-order chi connectivity index (χ0) is 21.8. The summed E-state index contributed by atoms with van der Waals surface area (Å²) in [4.78, 5) is 29.0. The van der Waals surface area contributed by atoms with Crippen LogP contribution in [0, 0.1) is 6.92 Å². The van der Waals surface area contributed by atoms with E-state index < -0.39 is 0 Å². The third-order valence-electron chi connectivity index (χ3n) is 6.81. The van der Waals surface area contributed by atoms with Crippen LogP contribution in [0.3, 0.4) is 0 Å². The Bertz CT molecular complexity index is 1550. The molecule has 0 saturated heterocycles. The molecule has 2 heterocycles. The van der Waals surface area contributed by atoms with Crippen LogP contribution in [0.2, 0.25) is 0 Å². The Balaban J connectivity index is 1.50. The molecule has 0 aliphatic heterocycles. The molecule has 6 heteroatoms. The summed E-state index contributed by atoms with van der Waals surface area (Å²) in [5, 5.41) is 7.36. The van der Waals surface area contributed by atoms with Crippen LogP contribution in [0.15, 0.2) is 53.3 Å². The van der Waals surface area contributed by atoms with Crippen molar-refractivity contribution >= 4 is 50.4 Å². The van der Waals surface area contributed by atoms with Crippen LogP contribution < -0.4 is 10.9 Å². The molecule has 5 aromatic rings. The number of aromatic nitrogens is 2. The Kier molecular flexibility index (Phi) is 4.28. The van der Waals surface area contributed by atoms with Gasteiger partial charge in [0.1, 0.15) is 11.8 Å². The average Bonchev–Trinajstić information content (AvgIpc) is 3.18. The number of pyridine rings is 1. The molecule has 0 spiro atoms. The Morgan fingerprint density at radius 3 is 2.66 bits per heavy atom.